The number of nitrogens with one attached hydrogen (secondary N) is 2. The lowest BCUT2D eigenvalue weighted by Crippen LogP contribution is -2.43. The number of rotatable bonds is 7. The molecule has 104 valence electrons. The molecule has 2 amide bonds. The van der Waals surface area contributed by atoms with E-state index in [9.17, 15) is 9.59 Å². The van der Waals surface area contributed by atoms with E-state index in [0.717, 1.165) is 25.9 Å². The summed E-state index contributed by atoms with van der Waals surface area (Å²) in [6.07, 6.45) is 2.17. The third-order valence-corrected chi connectivity index (χ3v) is 2.84. The van der Waals surface area contributed by atoms with Crippen molar-refractivity contribution in [3.8, 4) is 0 Å². The highest BCUT2D eigenvalue weighted by Crippen LogP contribution is 2.06. The molecular weight excluding hydrogens is 234 g/mol. The van der Waals surface area contributed by atoms with E-state index in [1.807, 2.05) is 11.8 Å². The minimum absolute atomic E-state index is 0.0152. The third kappa shape index (κ3) is 5.46. The number of likely N-dealkylation sites (tertiary alicyclic amines) is 1. The number of nitrogens with zero attached hydrogens (tertiary/aromatic N) is 1. The van der Waals surface area contributed by atoms with Gasteiger partial charge in [-0.1, -0.05) is 0 Å². The summed E-state index contributed by atoms with van der Waals surface area (Å²) in [6, 6.07) is -0.0152. The van der Waals surface area contributed by atoms with Gasteiger partial charge >= 0.3 is 0 Å². The topological polar surface area (TPSA) is 70.7 Å². The van der Waals surface area contributed by atoms with Gasteiger partial charge in [0.05, 0.1) is 19.7 Å². The predicted octanol–water partition coefficient (Wildman–Crippen LogP) is -0.650. The quantitative estimate of drug-likeness (QED) is 0.636. The fourth-order valence-corrected chi connectivity index (χ4v) is 1.98. The molecule has 6 nitrogen and oxygen atoms in total. The Morgan fingerprint density at radius 2 is 1.94 bits per heavy atom. The van der Waals surface area contributed by atoms with Crippen molar-refractivity contribution < 1.29 is 14.3 Å². The zero-order valence-corrected chi connectivity index (χ0v) is 11.2. The first kappa shape index (κ1) is 14.9. The normalized spacial score (nSPS) is 16.7. The lowest BCUT2D eigenvalue weighted by molar-refractivity contribution is -0.129. The van der Waals surface area contributed by atoms with Gasteiger partial charge in [-0.3, -0.25) is 14.9 Å². The fourth-order valence-electron chi connectivity index (χ4n) is 1.98. The Balaban J connectivity index is 2.09. The third-order valence-electron chi connectivity index (χ3n) is 2.84. The maximum Gasteiger partial charge on any atom is 0.236 e. The first-order valence-corrected chi connectivity index (χ1v) is 6.40. The second kappa shape index (κ2) is 8.05. The van der Waals surface area contributed by atoms with Gasteiger partial charge in [0.1, 0.15) is 0 Å². The van der Waals surface area contributed by atoms with Gasteiger partial charge < -0.3 is 15.0 Å². The van der Waals surface area contributed by atoms with Crippen LogP contribution in [0, 0.1) is 0 Å². The van der Waals surface area contributed by atoms with Crippen molar-refractivity contribution >= 4 is 11.8 Å². The number of amides is 2. The van der Waals surface area contributed by atoms with Crippen LogP contribution >= 0.6 is 0 Å². The van der Waals surface area contributed by atoms with Gasteiger partial charge in [-0.15, -0.1) is 0 Å². The van der Waals surface area contributed by atoms with Gasteiger partial charge in [0.15, 0.2) is 0 Å². The van der Waals surface area contributed by atoms with E-state index in [4.69, 9.17) is 4.74 Å². The van der Waals surface area contributed by atoms with Crippen molar-refractivity contribution in [3.05, 3.63) is 0 Å². The molecule has 0 radical (unpaired) electrons. The second-order valence-electron chi connectivity index (χ2n) is 4.62. The molecule has 1 saturated heterocycles. The molecule has 1 aliphatic rings. The Morgan fingerprint density at radius 3 is 2.56 bits per heavy atom. The van der Waals surface area contributed by atoms with E-state index in [1.54, 1.807) is 7.11 Å². The lowest BCUT2D eigenvalue weighted by Gasteiger charge is -2.16. The number of carbonyl (C=O) groups excluding carboxylic acids is 2. The summed E-state index contributed by atoms with van der Waals surface area (Å²) in [5.41, 5.74) is 0. The molecule has 0 spiro atoms. The number of hydrogen-bond acceptors (Lipinski definition) is 4. The van der Waals surface area contributed by atoms with Crippen LogP contribution in [0.4, 0.5) is 0 Å². The van der Waals surface area contributed by atoms with E-state index in [2.05, 4.69) is 10.6 Å². The molecule has 1 fully saturated rings. The van der Waals surface area contributed by atoms with Crippen LogP contribution in [0.5, 0.6) is 0 Å². The molecule has 1 heterocycles. The summed E-state index contributed by atoms with van der Waals surface area (Å²) < 4.78 is 4.92. The summed E-state index contributed by atoms with van der Waals surface area (Å²) in [7, 11) is 1.59. The number of ether oxygens (including phenoxy) is 1. The standard InChI is InChI=1S/C12H23N3O3/c1-10(9-18-2)14-11(16)7-13-8-12(17)15-5-3-4-6-15/h10,13H,3-9H2,1-2H3,(H,14,16). The molecular formula is C12H23N3O3. The Kier molecular flexibility index (Phi) is 6.67. The van der Waals surface area contributed by atoms with Gasteiger partial charge in [-0.2, -0.15) is 0 Å². The summed E-state index contributed by atoms with van der Waals surface area (Å²) >= 11 is 0. The molecule has 1 atom stereocenters. The molecule has 0 aromatic heterocycles. The van der Waals surface area contributed by atoms with E-state index < -0.39 is 0 Å². The van der Waals surface area contributed by atoms with E-state index >= 15 is 0 Å². The average Bonchev–Trinajstić information content (AvgIpc) is 2.82. The highest BCUT2D eigenvalue weighted by molar-refractivity contribution is 5.81. The van der Waals surface area contributed by atoms with E-state index in [1.165, 1.54) is 0 Å². The van der Waals surface area contributed by atoms with Crippen molar-refractivity contribution in [2.45, 2.75) is 25.8 Å². The monoisotopic (exact) mass is 257 g/mol. The van der Waals surface area contributed by atoms with Crippen LogP contribution in [-0.2, 0) is 14.3 Å². The summed E-state index contributed by atoms with van der Waals surface area (Å²) in [5.74, 6) is -0.0426. The van der Waals surface area contributed by atoms with Crippen LogP contribution in [0.15, 0.2) is 0 Å². The maximum absolute atomic E-state index is 11.7. The minimum Gasteiger partial charge on any atom is -0.383 e. The summed E-state index contributed by atoms with van der Waals surface area (Å²) in [4.78, 5) is 25.0. The second-order valence-corrected chi connectivity index (χ2v) is 4.62. The maximum atomic E-state index is 11.7. The molecule has 6 heteroatoms. The fraction of sp³-hybridized carbons (Fsp3) is 0.833. The largest absolute Gasteiger partial charge is 0.383 e. The first-order chi connectivity index (χ1) is 8.63. The molecule has 1 aliphatic heterocycles. The minimum atomic E-state index is -0.117. The molecule has 0 aliphatic carbocycles. The Bertz CT molecular complexity index is 278. The Labute approximate surface area is 108 Å². The summed E-state index contributed by atoms with van der Waals surface area (Å²) in [5, 5.41) is 5.64. The molecule has 1 rings (SSSR count). The van der Waals surface area contributed by atoms with E-state index in [0.29, 0.717) is 6.61 Å². The van der Waals surface area contributed by atoms with Crippen molar-refractivity contribution in [2.24, 2.45) is 0 Å². The zero-order chi connectivity index (χ0) is 13.4. The molecule has 0 aromatic rings. The van der Waals surface area contributed by atoms with Crippen molar-refractivity contribution in [2.75, 3.05) is 39.9 Å². The summed E-state index contributed by atoms with van der Waals surface area (Å²) in [6.45, 7) is 4.43. The van der Waals surface area contributed by atoms with Crippen LogP contribution in [0.2, 0.25) is 0 Å². The van der Waals surface area contributed by atoms with Crippen molar-refractivity contribution in [3.63, 3.8) is 0 Å². The van der Waals surface area contributed by atoms with Crippen molar-refractivity contribution in [1.29, 1.82) is 0 Å². The SMILES string of the molecule is COCC(C)NC(=O)CNCC(=O)N1CCCC1. The van der Waals surface area contributed by atoms with E-state index in [-0.39, 0.29) is 30.9 Å². The molecule has 1 unspecified atom stereocenters. The van der Waals surface area contributed by atoms with Gasteiger partial charge in [-0.25, -0.2) is 0 Å². The molecule has 0 aromatic carbocycles. The zero-order valence-electron chi connectivity index (χ0n) is 11.2. The van der Waals surface area contributed by atoms with Crippen LogP contribution in [0.3, 0.4) is 0 Å². The van der Waals surface area contributed by atoms with Gasteiger partial charge in [0.2, 0.25) is 11.8 Å². The predicted molar refractivity (Wildman–Crippen MR) is 68.2 cm³/mol. The van der Waals surface area contributed by atoms with Crippen LogP contribution < -0.4 is 10.6 Å². The molecule has 2 N–H and O–H groups in total. The number of hydrogen-bond donors (Lipinski definition) is 2. The Hall–Kier alpha value is -1.14. The highest BCUT2D eigenvalue weighted by atomic mass is 16.5. The molecule has 0 saturated carbocycles. The number of carbonyl (C=O) groups is 2. The smallest absolute Gasteiger partial charge is 0.236 e. The molecule has 18 heavy (non-hydrogen) atoms. The first-order valence-electron chi connectivity index (χ1n) is 6.40. The van der Waals surface area contributed by atoms with Gasteiger partial charge in [-0.05, 0) is 19.8 Å². The van der Waals surface area contributed by atoms with Crippen LogP contribution in [-0.4, -0.2) is 62.7 Å². The molecule has 0 bridgehead atoms. The van der Waals surface area contributed by atoms with Gasteiger partial charge in [0.25, 0.3) is 0 Å². The van der Waals surface area contributed by atoms with Gasteiger partial charge in [0, 0.05) is 26.2 Å². The Morgan fingerprint density at radius 1 is 1.28 bits per heavy atom. The number of methoxy groups -OCH3 is 1. The lowest BCUT2D eigenvalue weighted by atomic mass is 10.3. The van der Waals surface area contributed by atoms with Crippen molar-refractivity contribution in [1.82, 2.24) is 15.5 Å². The highest BCUT2D eigenvalue weighted by Gasteiger charge is 2.17. The average molecular weight is 257 g/mol. The van der Waals surface area contributed by atoms with Crippen LogP contribution in [0.25, 0.3) is 0 Å². The van der Waals surface area contributed by atoms with Crippen LogP contribution in [0.1, 0.15) is 19.8 Å².